The second-order valence-electron chi connectivity index (χ2n) is 6.22. The van der Waals surface area contributed by atoms with Crippen molar-refractivity contribution >= 4 is 50.4 Å². The first kappa shape index (κ1) is 17.4. The lowest BCUT2D eigenvalue weighted by molar-refractivity contribution is -0.644. The van der Waals surface area contributed by atoms with E-state index in [1.165, 1.54) is 32.1 Å². The summed E-state index contributed by atoms with van der Waals surface area (Å²) in [6.07, 6.45) is 8.68. The Labute approximate surface area is 167 Å². The van der Waals surface area contributed by atoms with Crippen molar-refractivity contribution in [1.29, 1.82) is 0 Å². The van der Waals surface area contributed by atoms with Crippen LogP contribution >= 0.6 is 27.7 Å². The van der Waals surface area contributed by atoms with E-state index in [-0.39, 0.29) is 0 Å². The molecule has 0 unspecified atom stereocenters. The quantitative estimate of drug-likeness (QED) is 0.483. The molecule has 4 heteroatoms. The van der Waals surface area contributed by atoms with Gasteiger partial charge in [0.15, 0.2) is 6.20 Å². The Balaban J connectivity index is 1.67. The van der Waals surface area contributed by atoms with Crippen molar-refractivity contribution in [1.82, 2.24) is 0 Å². The third-order valence-corrected chi connectivity index (χ3v) is 6.22. The highest BCUT2D eigenvalue weighted by Gasteiger charge is 2.22. The minimum atomic E-state index is 0.974. The van der Waals surface area contributed by atoms with Crippen molar-refractivity contribution in [3.8, 4) is 0 Å². The van der Waals surface area contributed by atoms with Crippen LogP contribution in [0.25, 0.3) is 17.0 Å². The summed E-state index contributed by atoms with van der Waals surface area (Å²) in [5, 5.41) is 2.53. The van der Waals surface area contributed by atoms with E-state index < -0.39 is 0 Å². The summed E-state index contributed by atoms with van der Waals surface area (Å²) in [5.41, 5.74) is 3.75. The molecule has 0 radical (unpaired) electrons. The van der Waals surface area contributed by atoms with Gasteiger partial charge in [-0.15, -0.1) is 0 Å². The Bertz CT molecular complexity index is 1040. The molecule has 0 spiro atoms. The van der Waals surface area contributed by atoms with Crippen LogP contribution in [0.1, 0.15) is 12.5 Å². The van der Waals surface area contributed by atoms with Crippen LogP contribution in [0.4, 0.5) is 5.69 Å². The maximum Gasteiger partial charge on any atom is 0.213 e. The number of aromatic nitrogens is 1. The highest BCUT2D eigenvalue weighted by molar-refractivity contribution is 9.10. The van der Waals surface area contributed by atoms with Crippen molar-refractivity contribution < 1.29 is 4.57 Å². The van der Waals surface area contributed by atoms with Crippen LogP contribution in [0.15, 0.2) is 81.3 Å². The molecular weight excluding hydrogens is 404 g/mol. The fraction of sp³-hybridized carbons (Fsp3) is 0.136. The molecule has 0 N–H and O–H groups in total. The summed E-state index contributed by atoms with van der Waals surface area (Å²) in [4.78, 5) is 3.70. The van der Waals surface area contributed by atoms with Crippen LogP contribution < -0.4 is 9.47 Å². The van der Waals surface area contributed by atoms with Crippen molar-refractivity contribution in [2.45, 2.75) is 11.8 Å². The molecule has 130 valence electrons. The Morgan fingerprint density at radius 2 is 2.00 bits per heavy atom. The Morgan fingerprint density at radius 3 is 2.85 bits per heavy atom. The first-order chi connectivity index (χ1) is 12.7. The zero-order chi connectivity index (χ0) is 18.1. The van der Waals surface area contributed by atoms with Crippen molar-refractivity contribution in [2.24, 2.45) is 7.05 Å². The van der Waals surface area contributed by atoms with Crippen LogP contribution in [0.3, 0.4) is 0 Å². The van der Waals surface area contributed by atoms with Crippen LogP contribution in [-0.2, 0) is 7.05 Å². The molecule has 2 heterocycles. The molecule has 4 rings (SSSR count). The highest BCUT2D eigenvalue weighted by Crippen LogP contribution is 2.45. The predicted octanol–water partition coefficient (Wildman–Crippen LogP) is 5.91. The first-order valence-electron chi connectivity index (χ1n) is 8.68. The monoisotopic (exact) mass is 423 g/mol. The predicted molar refractivity (Wildman–Crippen MR) is 115 cm³/mol. The molecule has 1 aromatic heterocycles. The Morgan fingerprint density at radius 1 is 1.15 bits per heavy atom. The molecule has 0 atom stereocenters. The normalized spacial score (nSPS) is 15.3. The molecule has 2 nitrogen and oxygen atoms in total. The van der Waals surface area contributed by atoms with E-state index in [1.807, 2.05) is 11.8 Å². The van der Waals surface area contributed by atoms with E-state index in [0.717, 1.165) is 11.0 Å². The molecule has 0 aliphatic carbocycles. The summed E-state index contributed by atoms with van der Waals surface area (Å²) in [5.74, 6) is 0. The second kappa shape index (κ2) is 7.29. The van der Waals surface area contributed by atoms with E-state index in [0.29, 0.717) is 0 Å². The summed E-state index contributed by atoms with van der Waals surface area (Å²) < 4.78 is 3.25. The number of hydrogen-bond donors (Lipinski definition) is 0. The summed E-state index contributed by atoms with van der Waals surface area (Å²) >= 11 is 5.41. The van der Waals surface area contributed by atoms with Gasteiger partial charge in [0.05, 0.1) is 16.1 Å². The lowest BCUT2D eigenvalue weighted by Crippen LogP contribution is -2.28. The number of hydrogen-bond acceptors (Lipinski definition) is 2. The third kappa shape index (κ3) is 3.19. The van der Waals surface area contributed by atoms with Crippen molar-refractivity contribution in [3.05, 3.63) is 81.9 Å². The zero-order valence-electron chi connectivity index (χ0n) is 14.8. The zero-order valence-corrected chi connectivity index (χ0v) is 17.2. The lowest BCUT2D eigenvalue weighted by atomic mass is 10.1. The number of rotatable bonds is 3. The van der Waals surface area contributed by atoms with E-state index in [9.17, 15) is 0 Å². The van der Waals surface area contributed by atoms with Gasteiger partial charge in [0, 0.05) is 28.0 Å². The molecule has 0 bridgehead atoms. The number of aryl methyl sites for hydroxylation is 1. The van der Waals surface area contributed by atoms with Gasteiger partial charge in [-0.25, -0.2) is 4.57 Å². The Kier molecular flexibility index (Phi) is 4.88. The van der Waals surface area contributed by atoms with Gasteiger partial charge in [-0.2, -0.15) is 0 Å². The number of benzene rings is 2. The van der Waals surface area contributed by atoms with E-state index in [2.05, 4.69) is 112 Å². The third-order valence-electron chi connectivity index (χ3n) is 4.60. The van der Waals surface area contributed by atoms with Gasteiger partial charge >= 0.3 is 0 Å². The smallest absolute Gasteiger partial charge is 0.213 e. The number of pyridine rings is 1. The van der Waals surface area contributed by atoms with Crippen LogP contribution in [0.2, 0.25) is 0 Å². The summed E-state index contributed by atoms with van der Waals surface area (Å²) in [6.45, 7) is 3.17. The molecular formula is C22H20BrN2S+. The topological polar surface area (TPSA) is 7.12 Å². The minimum absolute atomic E-state index is 0.974. The maximum atomic E-state index is 3.57. The van der Waals surface area contributed by atoms with Gasteiger partial charge in [0.2, 0.25) is 5.52 Å². The molecule has 26 heavy (non-hydrogen) atoms. The summed E-state index contributed by atoms with van der Waals surface area (Å²) in [7, 11) is 2.08. The minimum Gasteiger partial charge on any atom is -0.335 e. The number of allylic oxidation sites excluding steroid dienone is 2. The fourth-order valence-electron chi connectivity index (χ4n) is 3.29. The number of thioether (sulfide) groups is 1. The van der Waals surface area contributed by atoms with Gasteiger partial charge in [-0.3, -0.25) is 0 Å². The van der Waals surface area contributed by atoms with Crippen molar-refractivity contribution in [2.75, 3.05) is 11.4 Å². The van der Waals surface area contributed by atoms with E-state index in [4.69, 9.17) is 0 Å². The van der Waals surface area contributed by atoms with Gasteiger partial charge in [0.1, 0.15) is 7.05 Å². The lowest BCUT2D eigenvalue weighted by Gasteiger charge is -2.17. The largest absolute Gasteiger partial charge is 0.335 e. The maximum absolute atomic E-state index is 3.57. The SMILES string of the molecule is CCN1C(=CC=Cc2cc[n+](C)c3cc(Br)ccc23)Sc2ccccc21. The fourth-order valence-corrected chi connectivity index (χ4v) is 4.77. The van der Waals surface area contributed by atoms with E-state index >= 15 is 0 Å². The molecule has 0 amide bonds. The highest BCUT2D eigenvalue weighted by atomic mass is 79.9. The van der Waals surface area contributed by atoms with E-state index in [1.54, 1.807) is 0 Å². The van der Waals surface area contributed by atoms with Crippen LogP contribution in [0.5, 0.6) is 0 Å². The van der Waals surface area contributed by atoms with Gasteiger partial charge in [-0.1, -0.05) is 52.0 Å². The van der Waals surface area contributed by atoms with Crippen LogP contribution in [-0.4, -0.2) is 6.54 Å². The number of para-hydroxylation sites is 1. The average Bonchev–Trinajstić information content (AvgIpc) is 3.01. The Hall–Kier alpha value is -2.04. The average molecular weight is 424 g/mol. The number of anilines is 1. The molecule has 1 aliphatic rings. The van der Waals surface area contributed by atoms with Gasteiger partial charge in [-0.05, 0) is 42.8 Å². The van der Waals surface area contributed by atoms with Gasteiger partial charge in [0.25, 0.3) is 0 Å². The molecule has 0 saturated carbocycles. The number of nitrogens with zero attached hydrogens (tertiary/aromatic N) is 2. The molecule has 2 aromatic carbocycles. The van der Waals surface area contributed by atoms with Gasteiger partial charge < -0.3 is 4.90 Å². The number of fused-ring (bicyclic) bond motifs is 2. The molecule has 3 aromatic rings. The van der Waals surface area contributed by atoms with Crippen LogP contribution in [0, 0.1) is 0 Å². The first-order valence-corrected chi connectivity index (χ1v) is 10.3. The molecule has 0 saturated heterocycles. The van der Waals surface area contributed by atoms with Crippen molar-refractivity contribution in [3.63, 3.8) is 0 Å². The number of halogens is 1. The second-order valence-corrected chi connectivity index (χ2v) is 8.20. The summed E-state index contributed by atoms with van der Waals surface area (Å²) in [6, 6.07) is 17.2. The molecule has 1 aliphatic heterocycles. The molecule has 0 fully saturated rings. The standard InChI is InChI=1S/C22H20BrN2S/c1-3-25-19-8-4-5-9-21(19)26-22(25)10-6-7-16-13-14-24(2)20-15-17(23)11-12-18(16)20/h4-15H,3H2,1-2H3/q+1.